The van der Waals surface area contributed by atoms with E-state index in [0.717, 1.165) is 23.2 Å². The molecule has 0 radical (unpaired) electrons. The number of nitrogens with zero attached hydrogens (tertiary/aromatic N) is 5. The van der Waals surface area contributed by atoms with E-state index in [1.54, 1.807) is 36.4 Å². The van der Waals surface area contributed by atoms with Crippen LogP contribution in [-0.2, 0) is 7.05 Å². The van der Waals surface area contributed by atoms with Gasteiger partial charge in [-0.1, -0.05) is 0 Å². The van der Waals surface area contributed by atoms with E-state index in [1.807, 2.05) is 11.0 Å². The van der Waals surface area contributed by atoms with E-state index in [1.165, 1.54) is 0 Å². The summed E-state index contributed by atoms with van der Waals surface area (Å²) in [5.41, 5.74) is 1.76. The number of piperazine rings is 1. The van der Waals surface area contributed by atoms with Gasteiger partial charge in [0.1, 0.15) is 5.69 Å². The number of anilines is 1. The number of carbonyl (C=O) groups excluding carboxylic acids is 1. The zero-order valence-corrected chi connectivity index (χ0v) is 13.3. The summed E-state index contributed by atoms with van der Waals surface area (Å²) in [4.78, 5) is 20.6. The van der Waals surface area contributed by atoms with Crippen molar-refractivity contribution in [3.05, 3.63) is 40.9 Å². The number of aryl methyl sites for hydroxylation is 1. The van der Waals surface area contributed by atoms with E-state index >= 15 is 0 Å². The Labute approximate surface area is 131 Å². The molecule has 0 spiro atoms. The summed E-state index contributed by atoms with van der Waals surface area (Å²) < 4.78 is 2.60. The molecule has 21 heavy (non-hydrogen) atoms. The molecule has 0 unspecified atom stereocenters. The smallest absolute Gasteiger partial charge is 0.272 e. The van der Waals surface area contributed by atoms with Crippen molar-refractivity contribution in [2.75, 3.05) is 31.1 Å². The van der Waals surface area contributed by atoms with Crippen LogP contribution in [0.5, 0.6) is 0 Å². The van der Waals surface area contributed by atoms with Crippen LogP contribution in [0.15, 0.2) is 35.2 Å². The predicted octanol–water partition coefficient (Wildman–Crippen LogP) is 1.54. The van der Waals surface area contributed by atoms with Crippen molar-refractivity contribution >= 4 is 27.5 Å². The predicted molar refractivity (Wildman–Crippen MR) is 83.3 cm³/mol. The zero-order chi connectivity index (χ0) is 14.8. The summed E-state index contributed by atoms with van der Waals surface area (Å²) in [7, 11) is 1.79. The van der Waals surface area contributed by atoms with Gasteiger partial charge in [-0.05, 0) is 28.1 Å². The van der Waals surface area contributed by atoms with Crippen molar-refractivity contribution in [1.29, 1.82) is 0 Å². The normalized spacial score (nSPS) is 15.3. The van der Waals surface area contributed by atoms with E-state index in [4.69, 9.17) is 0 Å². The molecule has 1 aliphatic heterocycles. The minimum Gasteiger partial charge on any atom is -0.367 e. The average molecular weight is 350 g/mol. The minimum atomic E-state index is 0.0449. The Balaban J connectivity index is 1.67. The van der Waals surface area contributed by atoms with E-state index in [2.05, 4.69) is 30.9 Å². The molecule has 1 saturated heterocycles. The first kappa shape index (κ1) is 14.1. The first-order chi connectivity index (χ1) is 10.2. The van der Waals surface area contributed by atoms with Gasteiger partial charge in [-0.25, -0.2) is 0 Å². The first-order valence-electron chi connectivity index (χ1n) is 6.78. The molecule has 0 bridgehead atoms. The molecule has 1 fully saturated rings. The van der Waals surface area contributed by atoms with Gasteiger partial charge in [0.05, 0.1) is 10.2 Å². The van der Waals surface area contributed by atoms with Crippen LogP contribution in [-0.4, -0.2) is 51.8 Å². The highest BCUT2D eigenvalue weighted by atomic mass is 79.9. The average Bonchev–Trinajstić information content (AvgIpc) is 2.93. The third-order valence-electron chi connectivity index (χ3n) is 3.70. The molecule has 0 aliphatic carbocycles. The van der Waals surface area contributed by atoms with E-state index in [0.29, 0.717) is 18.8 Å². The summed E-state index contributed by atoms with van der Waals surface area (Å²) in [6.45, 7) is 3.04. The molecular formula is C14H16BrN5O. The number of rotatable bonds is 2. The van der Waals surface area contributed by atoms with Gasteiger partial charge < -0.3 is 9.80 Å². The quantitative estimate of drug-likeness (QED) is 0.825. The molecule has 0 atom stereocenters. The molecule has 7 heteroatoms. The highest BCUT2D eigenvalue weighted by molar-refractivity contribution is 9.10. The van der Waals surface area contributed by atoms with Gasteiger partial charge in [0.2, 0.25) is 0 Å². The molecule has 6 nitrogen and oxygen atoms in total. The number of halogens is 1. The van der Waals surface area contributed by atoms with Crippen molar-refractivity contribution in [3.8, 4) is 0 Å². The van der Waals surface area contributed by atoms with Crippen LogP contribution < -0.4 is 4.90 Å². The van der Waals surface area contributed by atoms with Crippen molar-refractivity contribution in [2.45, 2.75) is 0 Å². The largest absolute Gasteiger partial charge is 0.367 e. The van der Waals surface area contributed by atoms with Crippen molar-refractivity contribution < 1.29 is 4.79 Å². The summed E-state index contributed by atoms with van der Waals surface area (Å²) in [5, 5.41) is 4.05. The molecule has 2 aromatic heterocycles. The number of carbonyl (C=O) groups is 1. The lowest BCUT2D eigenvalue weighted by atomic mass is 10.2. The van der Waals surface area contributed by atoms with Crippen molar-refractivity contribution in [1.82, 2.24) is 19.7 Å². The Kier molecular flexibility index (Phi) is 3.92. The SMILES string of the molecule is Cn1nccc1C(=O)N1CCN(c2ccncc2Br)CC1. The van der Waals surface area contributed by atoms with E-state index in [-0.39, 0.29) is 5.91 Å². The highest BCUT2D eigenvalue weighted by Gasteiger charge is 2.24. The highest BCUT2D eigenvalue weighted by Crippen LogP contribution is 2.25. The van der Waals surface area contributed by atoms with Gasteiger partial charge in [-0.15, -0.1) is 0 Å². The second-order valence-corrected chi connectivity index (χ2v) is 5.80. The van der Waals surface area contributed by atoms with Gasteiger partial charge in [0.25, 0.3) is 5.91 Å². The van der Waals surface area contributed by atoms with Crippen LogP contribution in [0, 0.1) is 0 Å². The Morgan fingerprint density at radius 3 is 2.57 bits per heavy atom. The van der Waals surface area contributed by atoms with E-state index in [9.17, 15) is 4.79 Å². The maximum atomic E-state index is 12.4. The molecule has 3 rings (SSSR count). The maximum Gasteiger partial charge on any atom is 0.272 e. The number of amides is 1. The van der Waals surface area contributed by atoms with Crippen molar-refractivity contribution in [3.63, 3.8) is 0 Å². The Morgan fingerprint density at radius 2 is 1.95 bits per heavy atom. The number of hydrogen-bond acceptors (Lipinski definition) is 4. The third-order valence-corrected chi connectivity index (χ3v) is 4.31. The second kappa shape index (κ2) is 5.85. The maximum absolute atomic E-state index is 12.4. The van der Waals surface area contributed by atoms with Gasteiger partial charge in [0, 0.05) is 51.8 Å². The fourth-order valence-electron chi connectivity index (χ4n) is 2.52. The number of aromatic nitrogens is 3. The lowest BCUT2D eigenvalue weighted by Crippen LogP contribution is -2.49. The molecule has 110 valence electrons. The standard InChI is InChI=1S/C14H16BrN5O/c1-18-13(3-5-17-18)14(21)20-8-6-19(7-9-20)12-2-4-16-10-11(12)15/h2-5,10H,6-9H2,1H3. The topological polar surface area (TPSA) is 54.3 Å². The minimum absolute atomic E-state index is 0.0449. The lowest BCUT2D eigenvalue weighted by molar-refractivity contribution is 0.0735. The fourth-order valence-corrected chi connectivity index (χ4v) is 3.02. The van der Waals surface area contributed by atoms with Crippen LogP contribution in [0.2, 0.25) is 0 Å². The summed E-state index contributed by atoms with van der Waals surface area (Å²) in [6, 6.07) is 3.75. The Morgan fingerprint density at radius 1 is 1.19 bits per heavy atom. The zero-order valence-electron chi connectivity index (χ0n) is 11.7. The molecular weight excluding hydrogens is 334 g/mol. The van der Waals surface area contributed by atoms with Crippen LogP contribution in [0.3, 0.4) is 0 Å². The van der Waals surface area contributed by atoms with Crippen LogP contribution in [0.25, 0.3) is 0 Å². The number of pyridine rings is 1. The molecule has 0 N–H and O–H groups in total. The molecule has 3 heterocycles. The van der Waals surface area contributed by atoms with Gasteiger partial charge in [0.15, 0.2) is 0 Å². The monoisotopic (exact) mass is 349 g/mol. The van der Waals surface area contributed by atoms with Gasteiger partial charge in [-0.2, -0.15) is 5.10 Å². The second-order valence-electron chi connectivity index (χ2n) is 4.95. The molecule has 1 amide bonds. The van der Waals surface area contributed by atoms with Crippen LogP contribution in [0.1, 0.15) is 10.5 Å². The number of hydrogen-bond donors (Lipinski definition) is 0. The summed E-state index contributed by atoms with van der Waals surface area (Å²) in [6.07, 6.45) is 5.23. The molecule has 2 aromatic rings. The summed E-state index contributed by atoms with van der Waals surface area (Å²) in [5.74, 6) is 0.0449. The lowest BCUT2D eigenvalue weighted by Gasteiger charge is -2.36. The van der Waals surface area contributed by atoms with Crippen LogP contribution in [0.4, 0.5) is 5.69 Å². The molecule has 0 aromatic carbocycles. The molecule has 0 saturated carbocycles. The molecule has 1 aliphatic rings. The van der Waals surface area contributed by atoms with Crippen molar-refractivity contribution in [2.24, 2.45) is 7.05 Å². The van der Waals surface area contributed by atoms with Gasteiger partial charge >= 0.3 is 0 Å². The summed E-state index contributed by atoms with van der Waals surface area (Å²) >= 11 is 3.52. The first-order valence-corrected chi connectivity index (χ1v) is 7.58. The Hall–Kier alpha value is -1.89. The Bertz CT molecular complexity index is 648. The third kappa shape index (κ3) is 2.78. The van der Waals surface area contributed by atoms with E-state index < -0.39 is 0 Å². The van der Waals surface area contributed by atoms with Crippen LogP contribution >= 0.6 is 15.9 Å². The fraction of sp³-hybridized carbons (Fsp3) is 0.357. The van der Waals surface area contributed by atoms with Gasteiger partial charge in [-0.3, -0.25) is 14.5 Å².